The summed E-state index contributed by atoms with van der Waals surface area (Å²) in [7, 11) is 0. The summed E-state index contributed by atoms with van der Waals surface area (Å²) in [5, 5.41) is 20.7. The van der Waals surface area contributed by atoms with Crippen molar-refractivity contribution in [2.75, 3.05) is 0 Å². The van der Waals surface area contributed by atoms with E-state index >= 15 is 0 Å². The Bertz CT molecular complexity index is 1050. The van der Waals surface area contributed by atoms with Crippen LogP contribution in [0.15, 0.2) is 69.6 Å². The minimum absolute atomic E-state index is 0.00988. The van der Waals surface area contributed by atoms with Crippen LogP contribution in [0.25, 0.3) is 23.3 Å². The first-order valence-corrected chi connectivity index (χ1v) is 7.26. The second kappa shape index (κ2) is 6.79. The van der Waals surface area contributed by atoms with Gasteiger partial charge in [-0.3, -0.25) is 10.1 Å². The molecule has 0 amide bonds. The minimum atomic E-state index is -0.798. The first kappa shape index (κ1) is 16.1. The van der Waals surface area contributed by atoms with Crippen LogP contribution in [-0.2, 0) is 0 Å². The molecule has 124 valence electrons. The van der Waals surface area contributed by atoms with Crippen LogP contribution in [0.2, 0.25) is 0 Å². The van der Waals surface area contributed by atoms with Crippen LogP contribution in [0.4, 0.5) is 5.69 Å². The van der Waals surface area contributed by atoms with Gasteiger partial charge >= 0.3 is 5.63 Å². The van der Waals surface area contributed by atoms with Crippen LogP contribution in [-0.4, -0.2) is 15.0 Å². The Kier molecular flexibility index (Phi) is 4.38. The van der Waals surface area contributed by atoms with Gasteiger partial charge in [0.05, 0.1) is 11.0 Å². The average Bonchev–Trinajstić information content (AvgIpc) is 2.61. The monoisotopic (exact) mass is 336 g/mol. The molecule has 0 aliphatic heterocycles. The molecule has 3 aromatic rings. The fourth-order valence-electron chi connectivity index (χ4n) is 2.14. The van der Waals surface area contributed by atoms with Gasteiger partial charge in [-0.1, -0.05) is 36.4 Å². The maximum absolute atomic E-state index is 11.9. The molecule has 0 spiro atoms. The smallest absolute Gasteiger partial charge is 0.362 e. The lowest BCUT2D eigenvalue weighted by atomic mass is 10.2. The number of hydrogen-bond acceptors (Lipinski definition) is 6. The van der Waals surface area contributed by atoms with Crippen molar-refractivity contribution < 1.29 is 14.4 Å². The molecule has 3 rings (SSSR count). The van der Waals surface area contributed by atoms with E-state index in [1.54, 1.807) is 6.08 Å². The predicted molar refractivity (Wildman–Crippen MR) is 93.0 cm³/mol. The molecule has 0 atom stereocenters. The summed E-state index contributed by atoms with van der Waals surface area (Å²) in [5.74, 6) is -0.176. The van der Waals surface area contributed by atoms with Gasteiger partial charge in [0.15, 0.2) is 11.3 Å². The lowest BCUT2D eigenvalue weighted by Crippen LogP contribution is -2.06. The number of aromatic nitrogens is 1. The highest BCUT2D eigenvalue weighted by Gasteiger charge is 2.11. The van der Waals surface area contributed by atoms with Crippen molar-refractivity contribution in [1.29, 1.82) is 0 Å². The number of aliphatic hydroxyl groups is 1. The molecule has 0 saturated carbocycles. The third kappa shape index (κ3) is 3.78. The number of benzene rings is 2. The van der Waals surface area contributed by atoms with E-state index in [0.717, 1.165) is 11.6 Å². The van der Waals surface area contributed by atoms with Gasteiger partial charge in [-0.15, -0.1) is 0 Å². The van der Waals surface area contributed by atoms with Gasteiger partial charge < -0.3 is 9.52 Å². The normalized spacial score (nSPS) is 11.9. The number of nitrogens with zero attached hydrogens (tertiary/aromatic N) is 2. The minimum Gasteiger partial charge on any atom is -0.508 e. The summed E-state index contributed by atoms with van der Waals surface area (Å²) >= 11 is 0. The van der Waals surface area contributed by atoms with Gasteiger partial charge in [0.1, 0.15) is 11.3 Å². The molecule has 25 heavy (non-hydrogen) atoms. The summed E-state index contributed by atoms with van der Waals surface area (Å²) in [6.45, 7) is 0. The van der Waals surface area contributed by atoms with E-state index in [1.165, 1.54) is 24.3 Å². The molecule has 1 heterocycles. The number of hydrogen-bond donors (Lipinski definition) is 1. The van der Waals surface area contributed by atoms with E-state index in [4.69, 9.17) is 4.42 Å². The average molecular weight is 336 g/mol. The third-order valence-corrected chi connectivity index (χ3v) is 3.34. The van der Waals surface area contributed by atoms with Gasteiger partial charge in [-0.25, -0.2) is 9.78 Å². The van der Waals surface area contributed by atoms with Crippen LogP contribution in [0.3, 0.4) is 0 Å². The molecule has 7 nitrogen and oxygen atoms in total. The lowest BCUT2D eigenvalue weighted by molar-refractivity contribution is -0.384. The number of nitro groups is 1. The zero-order valence-electron chi connectivity index (χ0n) is 12.8. The number of fused-ring (bicyclic) bond motifs is 1. The van der Waals surface area contributed by atoms with E-state index < -0.39 is 10.5 Å². The summed E-state index contributed by atoms with van der Waals surface area (Å²) in [6.07, 6.45) is 4.28. The SMILES string of the molecule is O=c1oc2cc([N+](=O)[O-])ccc2nc1/C=C(O)/C=C\c1ccccc1. The number of non-ortho nitro benzene ring substituents is 1. The van der Waals surface area contributed by atoms with Gasteiger partial charge in [0, 0.05) is 12.1 Å². The number of aliphatic hydroxyl groups excluding tert-OH is 1. The van der Waals surface area contributed by atoms with Gasteiger partial charge in [0.25, 0.3) is 5.69 Å². The molecule has 0 bridgehead atoms. The number of rotatable bonds is 4. The van der Waals surface area contributed by atoms with E-state index in [-0.39, 0.29) is 28.2 Å². The first-order chi connectivity index (χ1) is 12.0. The van der Waals surface area contributed by atoms with E-state index in [0.29, 0.717) is 0 Å². The van der Waals surface area contributed by atoms with Crippen LogP contribution in [0, 0.1) is 10.1 Å². The molecule has 0 aliphatic rings. The van der Waals surface area contributed by atoms with Crippen molar-refractivity contribution in [3.8, 4) is 0 Å². The van der Waals surface area contributed by atoms with Crippen LogP contribution in [0.1, 0.15) is 11.3 Å². The molecule has 7 heteroatoms. The highest BCUT2D eigenvalue weighted by Crippen LogP contribution is 2.18. The summed E-state index contributed by atoms with van der Waals surface area (Å²) in [5.41, 5.74) is 0.0684. The topological polar surface area (TPSA) is 106 Å². The van der Waals surface area contributed by atoms with Crippen molar-refractivity contribution in [1.82, 2.24) is 4.98 Å². The zero-order valence-corrected chi connectivity index (χ0v) is 12.8. The molecule has 0 radical (unpaired) electrons. The van der Waals surface area contributed by atoms with Crippen LogP contribution >= 0.6 is 0 Å². The number of nitro benzene ring substituents is 1. The highest BCUT2D eigenvalue weighted by atomic mass is 16.6. The standard InChI is InChI=1S/C18H12N2O5/c21-14(8-6-12-4-2-1-3-5-12)11-16-18(22)25-17-10-13(20(23)24)7-9-15(17)19-16/h1-11,21H/b8-6-,14-11-. The Balaban J connectivity index is 1.94. The fourth-order valence-corrected chi connectivity index (χ4v) is 2.14. The molecule has 1 aromatic heterocycles. The van der Waals surface area contributed by atoms with Crippen molar-refractivity contribution >= 4 is 28.9 Å². The molecule has 0 saturated heterocycles. The Hall–Kier alpha value is -3.74. The molecule has 0 unspecified atom stereocenters. The van der Waals surface area contributed by atoms with E-state index in [2.05, 4.69) is 4.98 Å². The Labute approximate surface area is 141 Å². The molecule has 0 aliphatic carbocycles. The largest absolute Gasteiger partial charge is 0.508 e. The van der Waals surface area contributed by atoms with E-state index in [1.807, 2.05) is 30.3 Å². The maximum atomic E-state index is 11.9. The van der Waals surface area contributed by atoms with Crippen molar-refractivity contribution in [2.45, 2.75) is 0 Å². The van der Waals surface area contributed by atoms with Gasteiger partial charge in [-0.2, -0.15) is 0 Å². The Morgan fingerprint density at radius 1 is 1.20 bits per heavy atom. The zero-order chi connectivity index (χ0) is 17.8. The molecule has 1 N–H and O–H groups in total. The Morgan fingerprint density at radius 2 is 1.96 bits per heavy atom. The molecule has 2 aromatic carbocycles. The van der Waals surface area contributed by atoms with Crippen LogP contribution in [0.5, 0.6) is 0 Å². The first-order valence-electron chi connectivity index (χ1n) is 7.26. The molecular weight excluding hydrogens is 324 g/mol. The third-order valence-electron chi connectivity index (χ3n) is 3.34. The summed E-state index contributed by atoms with van der Waals surface area (Å²) < 4.78 is 5.04. The number of allylic oxidation sites excluding steroid dienone is 1. The fraction of sp³-hybridized carbons (Fsp3) is 0. The van der Waals surface area contributed by atoms with Crippen molar-refractivity contribution in [3.63, 3.8) is 0 Å². The van der Waals surface area contributed by atoms with Crippen LogP contribution < -0.4 is 5.63 Å². The second-order valence-corrected chi connectivity index (χ2v) is 5.11. The molecule has 0 fully saturated rings. The maximum Gasteiger partial charge on any atom is 0.362 e. The predicted octanol–water partition coefficient (Wildman–Crippen LogP) is 3.71. The van der Waals surface area contributed by atoms with Crippen molar-refractivity contribution in [3.05, 3.63) is 92.2 Å². The summed E-state index contributed by atoms with van der Waals surface area (Å²) in [6, 6.07) is 13.1. The quantitative estimate of drug-likeness (QED) is 0.337. The summed E-state index contributed by atoms with van der Waals surface area (Å²) in [4.78, 5) is 26.2. The van der Waals surface area contributed by atoms with Gasteiger partial charge in [0.2, 0.25) is 0 Å². The lowest BCUT2D eigenvalue weighted by Gasteiger charge is -1.98. The van der Waals surface area contributed by atoms with Crippen molar-refractivity contribution in [2.24, 2.45) is 0 Å². The highest BCUT2D eigenvalue weighted by molar-refractivity contribution is 5.75. The van der Waals surface area contributed by atoms with Gasteiger partial charge in [-0.05, 0) is 17.7 Å². The Morgan fingerprint density at radius 3 is 2.68 bits per heavy atom. The van der Waals surface area contributed by atoms with E-state index in [9.17, 15) is 20.0 Å². The second-order valence-electron chi connectivity index (χ2n) is 5.11. The molecular formula is C18H12N2O5.